The number of fused-ring (bicyclic) bond motifs is 4. The molecule has 4 N–H and O–H groups in total. The SMILES string of the molecule is CC1=NCCNCCNCCN=C(C)c2cccc(n2)C(C)=NCCNCCNCCN=C(C)c2cccc1n2. The summed E-state index contributed by atoms with van der Waals surface area (Å²) in [5.41, 5.74) is 7.36. The van der Waals surface area contributed by atoms with Crippen LogP contribution in [0.25, 0.3) is 0 Å². The first-order valence-electron chi connectivity index (χ1n) is 14.4. The molecule has 0 atom stereocenters. The van der Waals surface area contributed by atoms with E-state index >= 15 is 0 Å². The van der Waals surface area contributed by atoms with Crippen molar-refractivity contribution in [3.63, 3.8) is 0 Å². The van der Waals surface area contributed by atoms with Gasteiger partial charge in [-0.1, -0.05) is 12.1 Å². The molecule has 3 rings (SSSR count). The van der Waals surface area contributed by atoms with Gasteiger partial charge in [0.1, 0.15) is 0 Å². The van der Waals surface area contributed by atoms with E-state index in [1.54, 1.807) is 0 Å². The first-order valence-corrected chi connectivity index (χ1v) is 14.4. The average molecular weight is 547 g/mol. The fourth-order valence-electron chi connectivity index (χ4n) is 4.06. The monoisotopic (exact) mass is 546 g/mol. The van der Waals surface area contributed by atoms with Gasteiger partial charge in [-0.3, -0.25) is 20.0 Å². The molecule has 0 saturated heterocycles. The summed E-state index contributed by atoms with van der Waals surface area (Å²) in [6.07, 6.45) is 0. The first-order chi connectivity index (χ1) is 19.5. The average Bonchev–Trinajstić information content (AvgIpc) is 2.98. The van der Waals surface area contributed by atoms with Gasteiger partial charge in [-0.25, -0.2) is 9.97 Å². The Kier molecular flexibility index (Phi) is 14.3. The van der Waals surface area contributed by atoms with Crippen LogP contribution in [0.4, 0.5) is 0 Å². The molecule has 0 aliphatic carbocycles. The molecule has 0 aromatic carbocycles. The summed E-state index contributed by atoms with van der Waals surface area (Å²) in [4.78, 5) is 28.4. The summed E-state index contributed by atoms with van der Waals surface area (Å²) in [7, 11) is 0. The molecule has 2 aromatic rings. The Labute approximate surface area is 239 Å². The van der Waals surface area contributed by atoms with Crippen LogP contribution in [0.1, 0.15) is 50.5 Å². The second kappa shape index (κ2) is 18.2. The zero-order valence-corrected chi connectivity index (χ0v) is 24.6. The van der Waals surface area contributed by atoms with Crippen LogP contribution in [0, 0.1) is 0 Å². The van der Waals surface area contributed by atoms with Crippen LogP contribution in [0.2, 0.25) is 0 Å². The fraction of sp³-hybridized carbons (Fsp3) is 0.533. The third-order valence-electron chi connectivity index (χ3n) is 6.49. The smallest absolute Gasteiger partial charge is 0.0845 e. The van der Waals surface area contributed by atoms with Crippen molar-refractivity contribution in [2.75, 3.05) is 78.5 Å². The Hall–Kier alpha value is -3.18. The van der Waals surface area contributed by atoms with E-state index in [4.69, 9.17) is 29.9 Å². The van der Waals surface area contributed by atoms with Gasteiger partial charge in [0.2, 0.25) is 0 Å². The van der Waals surface area contributed by atoms with E-state index in [-0.39, 0.29) is 0 Å². The van der Waals surface area contributed by atoms with Gasteiger partial charge < -0.3 is 21.3 Å². The van der Waals surface area contributed by atoms with Crippen molar-refractivity contribution in [3.05, 3.63) is 59.2 Å². The molecular formula is C30H46N10. The number of hydrogen-bond acceptors (Lipinski definition) is 10. The van der Waals surface area contributed by atoms with Gasteiger partial charge in [-0.2, -0.15) is 0 Å². The molecule has 1 aliphatic rings. The highest BCUT2D eigenvalue weighted by Gasteiger charge is 2.05. The Balaban J connectivity index is 1.58. The number of nitrogens with one attached hydrogen (secondary N) is 4. The third kappa shape index (κ3) is 11.5. The lowest BCUT2D eigenvalue weighted by Gasteiger charge is -2.08. The Morgan fingerprint density at radius 1 is 0.400 bits per heavy atom. The molecule has 0 spiro atoms. The molecule has 0 amide bonds. The van der Waals surface area contributed by atoms with Crippen molar-refractivity contribution in [3.8, 4) is 0 Å². The Morgan fingerprint density at radius 2 is 0.650 bits per heavy atom. The molecule has 0 saturated carbocycles. The molecule has 216 valence electrons. The van der Waals surface area contributed by atoms with Crippen LogP contribution < -0.4 is 21.3 Å². The normalized spacial score (nSPS) is 18.5. The van der Waals surface area contributed by atoms with Crippen LogP contribution in [-0.2, 0) is 0 Å². The van der Waals surface area contributed by atoms with E-state index in [1.807, 2.05) is 64.1 Å². The molecule has 0 fully saturated rings. The number of pyridine rings is 2. The maximum Gasteiger partial charge on any atom is 0.0845 e. The van der Waals surface area contributed by atoms with Crippen molar-refractivity contribution in [2.45, 2.75) is 27.7 Å². The summed E-state index contributed by atoms with van der Waals surface area (Å²) < 4.78 is 0. The van der Waals surface area contributed by atoms with Crippen molar-refractivity contribution in [2.24, 2.45) is 20.0 Å². The predicted molar refractivity (Wildman–Crippen MR) is 168 cm³/mol. The van der Waals surface area contributed by atoms with Gasteiger partial charge in [0.25, 0.3) is 0 Å². The molecule has 0 radical (unpaired) electrons. The van der Waals surface area contributed by atoms with Gasteiger partial charge in [-0.05, 0) is 52.0 Å². The highest BCUT2D eigenvalue weighted by Crippen LogP contribution is 2.05. The Bertz CT molecular complexity index is 995. The topological polar surface area (TPSA) is 123 Å². The molecular weight excluding hydrogens is 500 g/mol. The van der Waals surface area contributed by atoms with E-state index in [2.05, 4.69) is 21.3 Å². The maximum absolute atomic E-state index is 4.78. The lowest BCUT2D eigenvalue weighted by molar-refractivity contribution is 0.619. The Morgan fingerprint density at radius 3 is 0.900 bits per heavy atom. The standard InChI is InChI=1S/C30H46N10/c1-23-27-7-5-8-28(39-27)24(2)36-20-16-33-13-14-34-18-22-38-26(4)30-10-6-9-29(40-30)25(3)37-21-17-32-12-11-31-15-19-35-23/h5-10,31-34H,11-22H2,1-4H3. The molecule has 40 heavy (non-hydrogen) atoms. The molecule has 0 unspecified atom stereocenters. The van der Waals surface area contributed by atoms with Crippen LogP contribution in [0.3, 0.4) is 0 Å². The molecule has 1 aliphatic heterocycles. The summed E-state index contributed by atoms with van der Waals surface area (Å²) in [5.74, 6) is 0. The van der Waals surface area contributed by atoms with E-state index < -0.39 is 0 Å². The minimum Gasteiger partial charge on any atom is -0.314 e. The second-order valence-corrected chi connectivity index (χ2v) is 9.68. The summed E-state index contributed by atoms with van der Waals surface area (Å²) >= 11 is 0. The summed E-state index contributed by atoms with van der Waals surface area (Å²) in [6, 6.07) is 12.1. The van der Waals surface area contributed by atoms with Gasteiger partial charge in [0.05, 0.1) is 71.8 Å². The number of aliphatic imine (C=N–C) groups is 4. The van der Waals surface area contributed by atoms with Crippen molar-refractivity contribution < 1.29 is 0 Å². The molecule has 10 heteroatoms. The molecule has 2 aromatic heterocycles. The predicted octanol–water partition coefficient (Wildman–Crippen LogP) is 1.78. The zero-order chi connectivity index (χ0) is 28.4. The fourth-order valence-corrected chi connectivity index (χ4v) is 4.06. The number of rotatable bonds is 0. The third-order valence-corrected chi connectivity index (χ3v) is 6.49. The second-order valence-electron chi connectivity index (χ2n) is 9.68. The molecule has 4 bridgehead atoms. The molecule has 3 heterocycles. The van der Waals surface area contributed by atoms with Crippen molar-refractivity contribution in [1.29, 1.82) is 0 Å². The van der Waals surface area contributed by atoms with Crippen LogP contribution >= 0.6 is 0 Å². The minimum atomic E-state index is 0.713. The lowest BCUT2D eigenvalue weighted by Crippen LogP contribution is -2.30. The van der Waals surface area contributed by atoms with E-state index in [1.165, 1.54) is 0 Å². The van der Waals surface area contributed by atoms with Crippen LogP contribution in [0.5, 0.6) is 0 Å². The molecule has 10 nitrogen and oxygen atoms in total. The lowest BCUT2D eigenvalue weighted by atomic mass is 10.2. The minimum absolute atomic E-state index is 0.713. The van der Waals surface area contributed by atoms with Gasteiger partial charge in [-0.15, -0.1) is 0 Å². The van der Waals surface area contributed by atoms with Crippen LogP contribution in [-0.4, -0.2) is 111 Å². The highest BCUT2D eigenvalue weighted by atomic mass is 15.0. The first kappa shape index (κ1) is 31.3. The van der Waals surface area contributed by atoms with Crippen molar-refractivity contribution in [1.82, 2.24) is 31.2 Å². The number of aromatic nitrogens is 2. The van der Waals surface area contributed by atoms with Gasteiger partial charge in [0.15, 0.2) is 0 Å². The van der Waals surface area contributed by atoms with E-state index in [0.29, 0.717) is 26.2 Å². The summed E-state index contributed by atoms with van der Waals surface area (Å²) in [5, 5.41) is 13.8. The van der Waals surface area contributed by atoms with Gasteiger partial charge in [0, 0.05) is 52.4 Å². The van der Waals surface area contributed by atoms with Gasteiger partial charge >= 0.3 is 0 Å². The number of hydrogen-bond donors (Lipinski definition) is 4. The highest BCUT2D eigenvalue weighted by molar-refractivity contribution is 6.01. The zero-order valence-electron chi connectivity index (χ0n) is 24.6. The largest absolute Gasteiger partial charge is 0.314 e. The van der Waals surface area contributed by atoms with Crippen molar-refractivity contribution >= 4 is 22.8 Å². The summed E-state index contributed by atoms with van der Waals surface area (Å²) in [6.45, 7) is 17.7. The van der Waals surface area contributed by atoms with E-state index in [0.717, 1.165) is 98.0 Å². The number of nitrogens with zero attached hydrogens (tertiary/aromatic N) is 6. The van der Waals surface area contributed by atoms with E-state index in [9.17, 15) is 0 Å². The quantitative estimate of drug-likeness (QED) is 0.400. The van der Waals surface area contributed by atoms with Crippen LogP contribution in [0.15, 0.2) is 56.4 Å². The maximum atomic E-state index is 4.78.